The smallest absolute Gasteiger partial charge is 0.317 e. The van der Waals surface area contributed by atoms with Gasteiger partial charge in [0.2, 0.25) is 0 Å². The van der Waals surface area contributed by atoms with Gasteiger partial charge >= 0.3 is 6.03 Å². The van der Waals surface area contributed by atoms with Crippen LogP contribution in [0.4, 0.5) is 4.79 Å². The molecule has 0 spiro atoms. The van der Waals surface area contributed by atoms with Gasteiger partial charge in [0, 0.05) is 37.8 Å². The molecule has 1 saturated carbocycles. The Morgan fingerprint density at radius 2 is 2.19 bits per heavy atom. The van der Waals surface area contributed by atoms with Crippen LogP contribution < -0.4 is 5.32 Å². The van der Waals surface area contributed by atoms with Gasteiger partial charge in [-0.1, -0.05) is 30.3 Å². The van der Waals surface area contributed by atoms with E-state index < -0.39 is 0 Å². The number of urea groups is 1. The Hall–Kier alpha value is -2.30. The molecule has 5 heteroatoms. The lowest BCUT2D eigenvalue weighted by Gasteiger charge is -2.17. The van der Waals surface area contributed by atoms with Gasteiger partial charge in [-0.3, -0.25) is 4.68 Å². The van der Waals surface area contributed by atoms with E-state index >= 15 is 0 Å². The van der Waals surface area contributed by atoms with Crippen molar-refractivity contribution in [2.24, 2.45) is 7.05 Å². The fraction of sp³-hybridized carbons (Fsp3) is 0.375. The zero-order valence-electron chi connectivity index (χ0n) is 12.4. The van der Waals surface area contributed by atoms with Crippen LogP contribution in [0.25, 0.3) is 0 Å². The van der Waals surface area contributed by atoms with E-state index in [1.807, 2.05) is 38.5 Å². The van der Waals surface area contributed by atoms with Gasteiger partial charge in [-0.05, 0) is 12.0 Å². The summed E-state index contributed by atoms with van der Waals surface area (Å²) in [5.74, 6) is 0.460. The predicted octanol–water partition coefficient (Wildman–Crippen LogP) is 2.12. The molecule has 21 heavy (non-hydrogen) atoms. The summed E-state index contributed by atoms with van der Waals surface area (Å²) in [7, 11) is 3.68. The van der Waals surface area contributed by atoms with Gasteiger partial charge in [0.15, 0.2) is 0 Å². The van der Waals surface area contributed by atoms with Crippen LogP contribution in [0.1, 0.15) is 23.5 Å². The topological polar surface area (TPSA) is 50.2 Å². The molecule has 2 amide bonds. The third kappa shape index (κ3) is 3.24. The second kappa shape index (κ2) is 5.60. The highest BCUT2D eigenvalue weighted by Crippen LogP contribution is 2.40. The molecular formula is C16H20N4O. The normalized spacial score (nSPS) is 20.1. The molecule has 2 aromatic rings. The van der Waals surface area contributed by atoms with Gasteiger partial charge < -0.3 is 10.2 Å². The Morgan fingerprint density at radius 3 is 2.86 bits per heavy atom. The first-order valence-electron chi connectivity index (χ1n) is 7.17. The van der Waals surface area contributed by atoms with Gasteiger partial charge in [0.1, 0.15) is 0 Å². The second-order valence-electron chi connectivity index (χ2n) is 5.69. The van der Waals surface area contributed by atoms with Crippen molar-refractivity contribution in [2.45, 2.75) is 24.9 Å². The first-order valence-corrected chi connectivity index (χ1v) is 7.17. The molecule has 0 bridgehead atoms. The van der Waals surface area contributed by atoms with Crippen LogP contribution >= 0.6 is 0 Å². The average molecular weight is 284 g/mol. The van der Waals surface area contributed by atoms with E-state index in [4.69, 9.17) is 0 Å². The first kappa shape index (κ1) is 13.7. The summed E-state index contributed by atoms with van der Waals surface area (Å²) in [6.45, 7) is 0.572. The molecule has 3 rings (SSSR count). The van der Waals surface area contributed by atoms with Gasteiger partial charge in [0.25, 0.3) is 0 Å². The molecule has 5 nitrogen and oxygen atoms in total. The van der Waals surface area contributed by atoms with Gasteiger partial charge in [-0.15, -0.1) is 0 Å². The van der Waals surface area contributed by atoms with Gasteiger partial charge in [-0.25, -0.2) is 4.79 Å². The van der Waals surface area contributed by atoms with E-state index in [9.17, 15) is 4.79 Å². The maximum atomic E-state index is 12.2. The molecule has 1 aliphatic rings. The lowest BCUT2D eigenvalue weighted by molar-refractivity contribution is 0.206. The second-order valence-corrected chi connectivity index (χ2v) is 5.69. The number of carbonyl (C=O) groups excluding carboxylic acids is 1. The lowest BCUT2D eigenvalue weighted by atomic mass is 10.1. The number of rotatable bonds is 4. The van der Waals surface area contributed by atoms with Crippen molar-refractivity contribution in [2.75, 3.05) is 7.05 Å². The molecule has 1 aliphatic carbocycles. The van der Waals surface area contributed by atoms with Crippen molar-refractivity contribution in [3.63, 3.8) is 0 Å². The van der Waals surface area contributed by atoms with Crippen LogP contribution in [0.15, 0.2) is 42.7 Å². The van der Waals surface area contributed by atoms with Crippen molar-refractivity contribution in [3.8, 4) is 0 Å². The molecular weight excluding hydrogens is 264 g/mol. The summed E-state index contributed by atoms with van der Waals surface area (Å²) in [5, 5.41) is 7.20. The minimum Gasteiger partial charge on any atom is -0.335 e. The van der Waals surface area contributed by atoms with Crippen LogP contribution in [-0.2, 0) is 13.6 Å². The summed E-state index contributed by atoms with van der Waals surface area (Å²) in [6.07, 6.45) is 4.73. The third-order valence-corrected chi connectivity index (χ3v) is 3.85. The third-order valence-electron chi connectivity index (χ3n) is 3.85. The number of nitrogens with zero attached hydrogens (tertiary/aromatic N) is 3. The zero-order chi connectivity index (χ0) is 14.8. The van der Waals surface area contributed by atoms with Crippen LogP contribution in [0.3, 0.4) is 0 Å². The Morgan fingerprint density at radius 1 is 1.43 bits per heavy atom. The van der Waals surface area contributed by atoms with Crippen molar-refractivity contribution >= 4 is 6.03 Å². The molecule has 1 aromatic heterocycles. The van der Waals surface area contributed by atoms with E-state index in [0.717, 1.165) is 12.0 Å². The maximum absolute atomic E-state index is 12.2. The summed E-state index contributed by atoms with van der Waals surface area (Å²) in [4.78, 5) is 13.9. The number of benzene rings is 1. The number of carbonyl (C=O) groups is 1. The Balaban J connectivity index is 1.51. The monoisotopic (exact) mass is 284 g/mol. The Kier molecular flexibility index (Phi) is 3.64. The van der Waals surface area contributed by atoms with E-state index in [2.05, 4.69) is 22.5 Å². The minimum atomic E-state index is -0.0257. The maximum Gasteiger partial charge on any atom is 0.317 e. The molecule has 0 radical (unpaired) electrons. The van der Waals surface area contributed by atoms with Crippen molar-refractivity contribution in [1.82, 2.24) is 20.0 Å². The minimum absolute atomic E-state index is 0.0257. The van der Waals surface area contributed by atoms with Crippen molar-refractivity contribution in [3.05, 3.63) is 53.9 Å². The Labute approximate surface area is 124 Å². The summed E-state index contributed by atoms with van der Waals surface area (Å²) in [6, 6.07) is 10.6. The van der Waals surface area contributed by atoms with E-state index in [-0.39, 0.29) is 12.1 Å². The van der Waals surface area contributed by atoms with Crippen molar-refractivity contribution < 1.29 is 4.79 Å². The average Bonchev–Trinajstić information content (AvgIpc) is 3.13. The SMILES string of the molecule is CN(Cc1cnn(C)c1)C(=O)N[C@@H]1C[C@@H]1c1ccccc1. The number of hydrogen-bond acceptors (Lipinski definition) is 2. The fourth-order valence-electron chi connectivity index (χ4n) is 2.59. The van der Waals surface area contributed by atoms with Crippen LogP contribution in [0, 0.1) is 0 Å². The fourth-order valence-corrected chi connectivity index (χ4v) is 2.59. The molecule has 0 aliphatic heterocycles. The number of amides is 2. The van der Waals surface area contributed by atoms with Crippen molar-refractivity contribution in [1.29, 1.82) is 0 Å². The molecule has 110 valence electrons. The van der Waals surface area contributed by atoms with Gasteiger partial charge in [0.05, 0.1) is 12.7 Å². The number of aryl methyl sites for hydroxylation is 1. The number of aromatic nitrogens is 2. The molecule has 1 heterocycles. The van der Waals surface area contributed by atoms with Crippen LogP contribution in [0.5, 0.6) is 0 Å². The standard InChI is InChI=1S/C16H20N4O/c1-19(10-12-9-17-20(2)11-12)16(21)18-15-8-14(15)13-6-4-3-5-7-13/h3-7,9,11,14-15H,8,10H2,1-2H3,(H,18,21)/t14-,15-/m1/s1. The highest BCUT2D eigenvalue weighted by atomic mass is 16.2. The summed E-state index contributed by atoms with van der Waals surface area (Å²) in [5.41, 5.74) is 2.34. The largest absolute Gasteiger partial charge is 0.335 e. The van der Waals surface area contributed by atoms with Crippen LogP contribution in [-0.4, -0.2) is 33.8 Å². The molecule has 0 unspecified atom stereocenters. The zero-order valence-corrected chi connectivity index (χ0v) is 12.4. The summed E-state index contributed by atoms with van der Waals surface area (Å²) >= 11 is 0. The molecule has 2 atom stereocenters. The first-order chi connectivity index (χ1) is 10.1. The van der Waals surface area contributed by atoms with Gasteiger partial charge in [-0.2, -0.15) is 5.10 Å². The highest BCUT2D eigenvalue weighted by Gasteiger charge is 2.39. The quantitative estimate of drug-likeness (QED) is 0.935. The molecule has 1 aromatic carbocycles. The predicted molar refractivity (Wildman–Crippen MR) is 80.8 cm³/mol. The molecule has 1 N–H and O–H groups in total. The molecule has 0 saturated heterocycles. The van der Waals surface area contributed by atoms with Crippen LogP contribution in [0.2, 0.25) is 0 Å². The molecule has 1 fully saturated rings. The summed E-state index contributed by atoms with van der Waals surface area (Å²) < 4.78 is 1.74. The number of nitrogens with one attached hydrogen (secondary N) is 1. The van der Waals surface area contributed by atoms with E-state index in [0.29, 0.717) is 12.5 Å². The number of hydrogen-bond donors (Lipinski definition) is 1. The highest BCUT2D eigenvalue weighted by molar-refractivity contribution is 5.74. The van der Waals surface area contributed by atoms with E-state index in [1.54, 1.807) is 15.8 Å². The lowest BCUT2D eigenvalue weighted by Crippen LogP contribution is -2.38. The Bertz CT molecular complexity index is 622. The van der Waals surface area contributed by atoms with E-state index in [1.165, 1.54) is 5.56 Å².